The van der Waals surface area contributed by atoms with Gasteiger partial charge in [0, 0.05) is 47.0 Å². The monoisotopic (exact) mass is 568 g/mol. The van der Waals surface area contributed by atoms with E-state index in [9.17, 15) is 0 Å². The van der Waals surface area contributed by atoms with Crippen LogP contribution in [-0.4, -0.2) is 36.0 Å². The highest BCUT2D eigenvalue weighted by molar-refractivity contribution is 7.99. The topological polar surface area (TPSA) is 6.48 Å². The molecule has 37 heavy (non-hydrogen) atoms. The van der Waals surface area contributed by atoms with E-state index < -0.39 is 0 Å². The van der Waals surface area contributed by atoms with Gasteiger partial charge < -0.3 is 0 Å². The van der Waals surface area contributed by atoms with Crippen LogP contribution in [0.4, 0.5) is 0 Å². The Kier molecular flexibility index (Phi) is 9.63. The van der Waals surface area contributed by atoms with Crippen molar-refractivity contribution < 1.29 is 0 Å². The van der Waals surface area contributed by atoms with E-state index in [1.165, 1.54) is 32.0 Å². The molecule has 1 unspecified atom stereocenters. The average Bonchev–Trinajstić information content (AvgIpc) is 3.07. The zero-order valence-electron chi connectivity index (χ0n) is 20.5. The van der Waals surface area contributed by atoms with E-state index in [-0.39, 0.29) is 30.9 Å². The molecule has 0 amide bonds. The van der Waals surface area contributed by atoms with Crippen molar-refractivity contribution in [1.29, 1.82) is 0 Å². The Labute approximate surface area is 241 Å². The summed E-state index contributed by atoms with van der Waals surface area (Å²) in [6.45, 7) is 4.16. The SMILES string of the molecule is Cl.Cl.Clc1ccc2c(c1)C(N1CCN(C(c3ccccc3)c3ccccc3)CC1)Cc1ccccc1S2. The maximum atomic E-state index is 6.51. The van der Waals surface area contributed by atoms with E-state index in [1.807, 2.05) is 17.8 Å². The second kappa shape index (κ2) is 12.7. The van der Waals surface area contributed by atoms with Crippen molar-refractivity contribution >= 4 is 48.2 Å². The molecule has 4 aromatic rings. The molecule has 2 heterocycles. The van der Waals surface area contributed by atoms with E-state index in [2.05, 4.69) is 107 Å². The Morgan fingerprint density at radius 3 is 1.92 bits per heavy atom. The molecule has 6 heteroatoms. The van der Waals surface area contributed by atoms with Crippen LogP contribution in [-0.2, 0) is 6.42 Å². The molecule has 0 N–H and O–H groups in total. The fourth-order valence-corrected chi connectivity index (χ4v) is 6.89. The fraction of sp³-hybridized carbons (Fsp3) is 0.226. The molecule has 2 aliphatic rings. The Balaban J connectivity index is 0.00000160. The number of rotatable bonds is 4. The van der Waals surface area contributed by atoms with Crippen LogP contribution in [0.2, 0.25) is 5.02 Å². The molecule has 0 aromatic heterocycles. The van der Waals surface area contributed by atoms with Crippen molar-refractivity contribution in [2.45, 2.75) is 28.3 Å². The van der Waals surface area contributed by atoms with E-state index in [1.54, 1.807) is 0 Å². The molecule has 1 saturated heterocycles. The predicted octanol–water partition coefficient (Wildman–Crippen LogP) is 8.34. The number of nitrogens with zero attached hydrogens (tertiary/aromatic N) is 2. The van der Waals surface area contributed by atoms with Crippen LogP contribution in [0.1, 0.15) is 34.3 Å². The summed E-state index contributed by atoms with van der Waals surface area (Å²) in [5.74, 6) is 0. The third-order valence-electron chi connectivity index (χ3n) is 7.32. The summed E-state index contributed by atoms with van der Waals surface area (Å²) < 4.78 is 0. The minimum Gasteiger partial charge on any atom is -0.293 e. The molecule has 4 aromatic carbocycles. The summed E-state index contributed by atoms with van der Waals surface area (Å²) in [5, 5.41) is 0.826. The van der Waals surface area contributed by atoms with E-state index in [0.717, 1.165) is 37.6 Å². The van der Waals surface area contributed by atoms with Crippen molar-refractivity contribution in [3.05, 3.63) is 130 Å². The van der Waals surface area contributed by atoms with Crippen LogP contribution in [0.15, 0.2) is 113 Å². The normalized spacial score (nSPS) is 17.6. The molecule has 1 fully saturated rings. The first-order valence-corrected chi connectivity index (χ1v) is 13.6. The Hall–Kier alpha value is -1.98. The van der Waals surface area contributed by atoms with Crippen LogP contribution < -0.4 is 0 Å². The van der Waals surface area contributed by atoms with Gasteiger partial charge in [-0.15, -0.1) is 24.8 Å². The molecule has 0 aliphatic carbocycles. The number of halogens is 3. The Morgan fingerprint density at radius 1 is 0.676 bits per heavy atom. The molecule has 0 spiro atoms. The molecule has 6 rings (SSSR count). The highest BCUT2D eigenvalue weighted by Gasteiger charge is 2.32. The minimum absolute atomic E-state index is 0. The van der Waals surface area contributed by atoms with Crippen molar-refractivity contribution in [3.63, 3.8) is 0 Å². The van der Waals surface area contributed by atoms with E-state index in [4.69, 9.17) is 11.6 Å². The fourth-order valence-electron chi connectivity index (χ4n) is 5.60. The zero-order chi connectivity index (χ0) is 23.6. The first-order valence-electron chi connectivity index (χ1n) is 12.4. The predicted molar refractivity (Wildman–Crippen MR) is 161 cm³/mol. The van der Waals surface area contributed by atoms with Crippen LogP contribution in [0.3, 0.4) is 0 Å². The Bertz CT molecular complexity index is 1250. The van der Waals surface area contributed by atoms with Crippen LogP contribution in [0, 0.1) is 0 Å². The maximum absolute atomic E-state index is 6.51. The van der Waals surface area contributed by atoms with Crippen LogP contribution in [0.25, 0.3) is 0 Å². The van der Waals surface area contributed by atoms with Gasteiger partial charge in [0.2, 0.25) is 0 Å². The number of piperazine rings is 1. The quantitative estimate of drug-likeness (QED) is 0.244. The van der Waals surface area contributed by atoms with Gasteiger partial charge in [-0.2, -0.15) is 0 Å². The molecule has 1 atom stereocenters. The van der Waals surface area contributed by atoms with E-state index >= 15 is 0 Å². The van der Waals surface area contributed by atoms with Crippen molar-refractivity contribution in [1.82, 2.24) is 9.80 Å². The molecule has 0 bridgehead atoms. The molecule has 0 radical (unpaired) electrons. The van der Waals surface area contributed by atoms with E-state index in [0.29, 0.717) is 6.04 Å². The van der Waals surface area contributed by atoms with Gasteiger partial charge in [-0.05, 0) is 52.9 Å². The zero-order valence-corrected chi connectivity index (χ0v) is 23.7. The third-order valence-corrected chi connectivity index (χ3v) is 8.77. The molecular weight excluding hydrogens is 539 g/mol. The summed E-state index contributed by atoms with van der Waals surface area (Å²) >= 11 is 8.39. The summed E-state index contributed by atoms with van der Waals surface area (Å²) in [5.41, 5.74) is 5.53. The smallest absolute Gasteiger partial charge is 0.0602 e. The lowest BCUT2D eigenvalue weighted by Crippen LogP contribution is -2.49. The first-order chi connectivity index (χ1) is 17.3. The second-order valence-electron chi connectivity index (χ2n) is 9.41. The Morgan fingerprint density at radius 2 is 1.27 bits per heavy atom. The number of fused-ring (bicyclic) bond motifs is 2. The summed E-state index contributed by atoms with van der Waals surface area (Å²) in [7, 11) is 0. The number of benzene rings is 4. The lowest BCUT2D eigenvalue weighted by Gasteiger charge is -2.43. The van der Waals surface area contributed by atoms with Gasteiger partial charge in [-0.25, -0.2) is 0 Å². The van der Waals surface area contributed by atoms with Crippen LogP contribution in [0.5, 0.6) is 0 Å². The first kappa shape index (κ1) is 28.0. The largest absolute Gasteiger partial charge is 0.293 e. The summed E-state index contributed by atoms with van der Waals surface area (Å²) in [4.78, 5) is 8.03. The highest BCUT2D eigenvalue weighted by atomic mass is 35.5. The van der Waals surface area contributed by atoms with Crippen molar-refractivity contribution in [3.8, 4) is 0 Å². The highest BCUT2D eigenvalue weighted by Crippen LogP contribution is 2.44. The molecule has 2 aliphatic heterocycles. The van der Waals surface area contributed by atoms with Crippen molar-refractivity contribution in [2.24, 2.45) is 0 Å². The summed E-state index contributed by atoms with van der Waals surface area (Å²) in [6, 6.07) is 37.8. The third kappa shape index (κ3) is 6.04. The molecular formula is C31H31Cl3N2S. The average molecular weight is 570 g/mol. The van der Waals surface area contributed by atoms with Gasteiger partial charge >= 0.3 is 0 Å². The summed E-state index contributed by atoms with van der Waals surface area (Å²) in [6.07, 6.45) is 1.03. The maximum Gasteiger partial charge on any atom is 0.0602 e. The van der Waals surface area contributed by atoms with Gasteiger partial charge in [-0.3, -0.25) is 9.80 Å². The second-order valence-corrected chi connectivity index (χ2v) is 10.9. The minimum atomic E-state index is 0. The van der Waals surface area contributed by atoms with Crippen molar-refractivity contribution in [2.75, 3.05) is 26.2 Å². The molecule has 192 valence electrons. The lowest BCUT2D eigenvalue weighted by molar-refractivity contribution is 0.0773. The standard InChI is InChI=1S/C31H29ClN2S.2ClH/c32-26-15-16-30-27(22-26)28(21-25-13-7-8-14-29(25)35-30)33-17-19-34(20-18-33)31(23-9-3-1-4-10-23)24-11-5-2-6-12-24;;/h1-16,22,28,31H,17-21H2;2*1H. The lowest BCUT2D eigenvalue weighted by atomic mass is 9.94. The van der Waals surface area contributed by atoms with Gasteiger partial charge in [0.1, 0.15) is 0 Å². The van der Waals surface area contributed by atoms with Gasteiger partial charge in [-0.1, -0.05) is 102 Å². The number of hydrogen-bond acceptors (Lipinski definition) is 3. The van der Waals surface area contributed by atoms with Crippen LogP contribution >= 0.6 is 48.2 Å². The van der Waals surface area contributed by atoms with Gasteiger partial charge in [0.25, 0.3) is 0 Å². The van der Waals surface area contributed by atoms with Gasteiger partial charge in [0.15, 0.2) is 0 Å². The molecule has 0 saturated carbocycles. The van der Waals surface area contributed by atoms with Gasteiger partial charge in [0.05, 0.1) is 6.04 Å². The number of hydrogen-bond donors (Lipinski definition) is 0. The molecule has 2 nitrogen and oxygen atoms in total.